The number of nitrogens with one attached hydrogen (secondary N) is 2. The Bertz CT molecular complexity index is 931. The van der Waals surface area contributed by atoms with Crippen molar-refractivity contribution in [3.05, 3.63) is 45.9 Å². The third-order valence-electron chi connectivity index (χ3n) is 4.45. The molecule has 8 heteroatoms. The van der Waals surface area contributed by atoms with Gasteiger partial charge in [-0.1, -0.05) is 17.7 Å². The SMILES string of the molecule is Cc1nn(-c2cccc(Cl)c2)c2sc(C(=O)NC3CCCNC3)cc12.Cl. The van der Waals surface area contributed by atoms with Crippen LogP contribution in [0.4, 0.5) is 0 Å². The molecule has 5 nitrogen and oxygen atoms in total. The molecule has 3 aromatic rings. The molecule has 3 heterocycles. The van der Waals surface area contributed by atoms with Crippen LogP contribution < -0.4 is 10.6 Å². The quantitative estimate of drug-likeness (QED) is 0.686. The van der Waals surface area contributed by atoms with Crippen LogP contribution in [0.15, 0.2) is 30.3 Å². The Kier molecular flexibility index (Phi) is 5.87. The van der Waals surface area contributed by atoms with Gasteiger partial charge in [0.2, 0.25) is 0 Å². The fraction of sp³-hybridized carbons (Fsp3) is 0.333. The van der Waals surface area contributed by atoms with Crippen LogP contribution in [-0.4, -0.2) is 34.8 Å². The van der Waals surface area contributed by atoms with Crippen molar-refractivity contribution < 1.29 is 4.79 Å². The highest BCUT2D eigenvalue weighted by Gasteiger charge is 2.20. The number of piperidine rings is 1. The number of halogens is 2. The Hall–Kier alpha value is -1.60. The molecule has 138 valence electrons. The van der Waals surface area contributed by atoms with E-state index in [1.807, 2.05) is 41.9 Å². The van der Waals surface area contributed by atoms with Gasteiger partial charge in [-0.05, 0) is 50.6 Å². The highest BCUT2D eigenvalue weighted by Crippen LogP contribution is 2.31. The van der Waals surface area contributed by atoms with Gasteiger partial charge in [0.15, 0.2) is 0 Å². The molecule has 1 aromatic carbocycles. The van der Waals surface area contributed by atoms with Crippen molar-refractivity contribution in [2.75, 3.05) is 13.1 Å². The minimum Gasteiger partial charge on any atom is -0.347 e. The first kappa shape index (κ1) is 19.2. The number of thiophene rings is 1. The van der Waals surface area contributed by atoms with E-state index in [2.05, 4.69) is 15.7 Å². The summed E-state index contributed by atoms with van der Waals surface area (Å²) in [5.41, 5.74) is 1.81. The van der Waals surface area contributed by atoms with Crippen molar-refractivity contribution in [1.82, 2.24) is 20.4 Å². The van der Waals surface area contributed by atoms with Crippen molar-refractivity contribution >= 4 is 51.5 Å². The van der Waals surface area contributed by atoms with Crippen LogP contribution in [0.25, 0.3) is 15.9 Å². The lowest BCUT2D eigenvalue weighted by atomic mass is 10.1. The van der Waals surface area contributed by atoms with E-state index in [4.69, 9.17) is 11.6 Å². The number of hydrogen-bond donors (Lipinski definition) is 2. The molecule has 1 saturated heterocycles. The lowest BCUT2D eigenvalue weighted by Crippen LogP contribution is -2.45. The van der Waals surface area contributed by atoms with Crippen LogP contribution in [-0.2, 0) is 0 Å². The van der Waals surface area contributed by atoms with E-state index in [-0.39, 0.29) is 24.4 Å². The molecule has 1 unspecified atom stereocenters. The highest BCUT2D eigenvalue weighted by atomic mass is 35.5. The standard InChI is InChI=1S/C18H19ClN4OS.ClH/c1-11-15-9-16(17(24)21-13-5-3-7-20-10-13)25-18(15)23(22-11)14-6-2-4-12(19)8-14;/h2,4,6,8-9,13,20H,3,5,7,10H2,1H3,(H,21,24);1H. The molecular weight excluding hydrogens is 391 g/mol. The minimum absolute atomic E-state index is 0. The summed E-state index contributed by atoms with van der Waals surface area (Å²) in [6.07, 6.45) is 2.12. The fourth-order valence-electron chi connectivity index (χ4n) is 3.17. The Labute approximate surface area is 167 Å². The molecule has 0 radical (unpaired) electrons. The zero-order chi connectivity index (χ0) is 17.4. The molecule has 1 fully saturated rings. The van der Waals surface area contributed by atoms with Gasteiger partial charge in [-0.3, -0.25) is 4.79 Å². The van der Waals surface area contributed by atoms with E-state index in [0.29, 0.717) is 5.02 Å². The van der Waals surface area contributed by atoms with Crippen molar-refractivity contribution in [2.24, 2.45) is 0 Å². The maximum atomic E-state index is 12.6. The molecule has 0 spiro atoms. The maximum Gasteiger partial charge on any atom is 0.261 e. The van der Waals surface area contributed by atoms with Gasteiger partial charge in [0.05, 0.1) is 16.3 Å². The van der Waals surface area contributed by atoms with Gasteiger partial charge in [-0.25, -0.2) is 4.68 Å². The molecule has 1 atom stereocenters. The van der Waals surface area contributed by atoms with Crippen molar-refractivity contribution in [3.8, 4) is 5.69 Å². The number of carbonyl (C=O) groups excluding carboxylic acids is 1. The molecule has 1 aliphatic heterocycles. The Morgan fingerprint density at radius 1 is 1.42 bits per heavy atom. The molecule has 0 aliphatic carbocycles. The minimum atomic E-state index is -0.00746. The number of aromatic nitrogens is 2. The second kappa shape index (κ2) is 7.96. The summed E-state index contributed by atoms with van der Waals surface area (Å²) in [5.74, 6) is -0.00746. The Morgan fingerprint density at radius 2 is 2.27 bits per heavy atom. The van der Waals surface area contributed by atoms with Crippen molar-refractivity contribution in [1.29, 1.82) is 0 Å². The van der Waals surface area contributed by atoms with Crippen LogP contribution >= 0.6 is 35.3 Å². The first-order valence-corrected chi connectivity index (χ1v) is 9.58. The molecular formula is C18H20Cl2N4OS. The van der Waals surface area contributed by atoms with Gasteiger partial charge in [0, 0.05) is 23.0 Å². The number of aryl methyl sites for hydroxylation is 1. The van der Waals surface area contributed by atoms with E-state index in [1.54, 1.807) is 0 Å². The zero-order valence-corrected chi connectivity index (χ0v) is 16.7. The van der Waals surface area contributed by atoms with Crippen LogP contribution in [0.1, 0.15) is 28.2 Å². The third kappa shape index (κ3) is 3.74. The van der Waals surface area contributed by atoms with Gasteiger partial charge in [-0.2, -0.15) is 5.10 Å². The van der Waals surface area contributed by atoms with Crippen LogP contribution in [0.5, 0.6) is 0 Å². The summed E-state index contributed by atoms with van der Waals surface area (Å²) in [6.45, 7) is 3.83. The first-order valence-electron chi connectivity index (χ1n) is 8.38. The summed E-state index contributed by atoms with van der Waals surface area (Å²) in [7, 11) is 0. The number of fused-ring (bicyclic) bond motifs is 1. The summed E-state index contributed by atoms with van der Waals surface area (Å²) in [4.78, 5) is 14.3. The average Bonchev–Trinajstić information content (AvgIpc) is 3.17. The normalized spacial score (nSPS) is 17.1. The van der Waals surface area contributed by atoms with Gasteiger partial charge in [0.25, 0.3) is 5.91 Å². The van der Waals surface area contributed by atoms with E-state index < -0.39 is 0 Å². The average molecular weight is 411 g/mol. The van der Waals surface area contributed by atoms with Gasteiger partial charge >= 0.3 is 0 Å². The van der Waals surface area contributed by atoms with Crippen LogP contribution in [0.2, 0.25) is 5.02 Å². The molecule has 1 aliphatic rings. The molecule has 0 saturated carbocycles. The van der Waals surface area contributed by atoms with Crippen LogP contribution in [0.3, 0.4) is 0 Å². The van der Waals surface area contributed by atoms with Gasteiger partial charge < -0.3 is 10.6 Å². The number of nitrogens with zero attached hydrogens (tertiary/aromatic N) is 2. The smallest absolute Gasteiger partial charge is 0.261 e. The van der Waals surface area contributed by atoms with Crippen LogP contribution in [0, 0.1) is 6.92 Å². The summed E-state index contributed by atoms with van der Waals surface area (Å²) in [6, 6.07) is 9.72. The summed E-state index contributed by atoms with van der Waals surface area (Å²) < 4.78 is 1.86. The highest BCUT2D eigenvalue weighted by molar-refractivity contribution is 7.20. The lowest BCUT2D eigenvalue weighted by molar-refractivity contribution is 0.0935. The largest absolute Gasteiger partial charge is 0.347 e. The van der Waals surface area contributed by atoms with Gasteiger partial charge in [-0.15, -0.1) is 23.7 Å². The number of amides is 1. The molecule has 4 rings (SSSR count). The lowest BCUT2D eigenvalue weighted by Gasteiger charge is -2.23. The number of hydrogen-bond acceptors (Lipinski definition) is 4. The second-order valence-corrected chi connectivity index (χ2v) is 7.79. The molecule has 2 aromatic heterocycles. The van der Waals surface area contributed by atoms with E-state index in [9.17, 15) is 4.79 Å². The predicted octanol–water partition coefficient (Wildman–Crippen LogP) is 3.95. The molecule has 26 heavy (non-hydrogen) atoms. The van der Waals surface area contributed by atoms with Crippen molar-refractivity contribution in [3.63, 3.8) is 0 Å². The fourth-order valence-corrected chi connectivity index (χ4v) is 4.44. The van der Waals surface area contributed by atoms with E-state index in [1.165, 1.54) is 11.3 Å². The van der Waals surface area contributed by atoms with Crippen molar-refractivity contribution in [2.45, 2.75) is 25.8 Å². The topological polar surface area (TPSA) is 59.0 Å². The molecule has 2 N–H and O–H groups in total. The first-order chi connectivity index (χ1) is 12.1. The number of rotatable bonds is 3. The van der Waals surface area contributed by atoms with E-state index >= 15 is 0 Å². The number of carbonyl (C=O) groups is 1. The van der Waals surface area contributed by atoms with Gasteiger partial charge in [0.1, 0.15) is 4.83 Å². The Morgan fingerprint density at radius 3 is 3.00 bits per heavy atom. The molecule has 0 bridgehead atoms. The van der Waals surface area contributed by atoms with E-state index in [0.717, 1.165) is 52.4 Å². The summed E-state index contributed by atoms with van der Waals surface area (Å²) in [5, 5.41) is 12.7. The maximum absolute atomic E-state index is 12.6. The zero-order valence-electron chi connectivity index (χ0n) is 14.3. The number of benzene rings is 1. The molecule has 1 amide bonds. The third-order valence-corrected chi connectivity index (χ3v) is 5.80. The Balaban J connectivity index is 0.00000196. The second-order valence-electron chi connectivity index (χ2n) is 6.32. The monoisotopic (exact) mass is 410 g/mol. The summed E-state index contributed by atoms with van der Waals surface area (Å²) >= 11 is 7.58. The predicted molar refractivity (Wildman–Crippen MR) is 109 cm³/mol.